The van der Waals surface area contributed by atoms with Gasteiger partial charge in [-0.25, -0.2) is 14.6 Å². The molecule has 4 heteroatoms. The maximum atomic E-state index is 4.48. The molecule has 4 rings (SSSR count). The molecule has 2 heterocycles. The summed E-state index contributed by atoms with van der Waals surface area (Å²) in [6.07, 6.45) is 4.24. The standard InChI is InChI=1S/C18H14N4/c1-3-7-14(8-4-1)11-17-16-12-21-22(18(16)20-13-19-17)15-9-5-2-6-10-15/h1-10,12-13H,11H2. The highest BCUT2D eigenvalue weighted by atomic mass is 15.3. The predicted octanol–water partition coefficient (Wildman–Crippen LogP) is 3.41. The summed E-state index contributed by atoms with van der Waals surface area (Å²) in [6.45, 7) is 0. The van der Waals surface area contributed by atoms with Crippen LogP contribution in [0, 0.1) is 0 Å². The Hall–Kier alpha value is -3.01. The molecule has 0 atom stereocenters. The van der Waals surface area contributed by atoms with E-state index in [-0.39, 0.29) is 0 Å². The maximum Gasteiger partial charge on any atom is 0.166 e. The second kappa shape index (κ2) is 5.41. The molecule has 22 heavy (non-hydrogen) atoms. The lowest BCUT2D eigenvalue weighted by Crippen LogP contribution is -1.99. The Balaban J connectivity index is 1.81. The van der Waals surface area contributed by atoms with Gasteiger partial charge < -0.3 is 0 Å². The fraction of sp³-hybridized carbons (Fsp3) is 0.0556. The van der Waals surface area contributed by atoms with Crippen molar-refractivity contribution in [2.45, 2.75) is 6.42 Å². The van der Waals surface area contributed by atoms with E-state index in [2.05, 4.69) is 27.2 Å². The van der Waals surface area contributed by atoms with E-state index in [1.54, 1.807) is 6.33 Å². The van der Waals surface area contributed by atoms with Crippen LogP contribution < -0.4 is 0 Å². The second-order valence-corrected chi connectivity index (χ2v) is 5.11. The van der Waals surface area contributed by atoms with Crippen molar-refractivity contribution in [3.05, 3.63) is 84.4 Å². The van der Waals surface area contributed by atoms with Crippen LogP contribution in [0.25, 0.3) is 16.7 Å². The van der Waals surface area contributed by atoms with Crippen LogP contribution in [0.3, 0.4) is 0 Å². The van der Waals surface area contributed by atoms with E-state index in [0.29, 0.717) is 0 Å². The molecule has 4 aromatic rings. The molecule has 0 fully saturated rings. The number of para-hydroxylation sites is 1. The summed E-state index contributed by atoms with van der Waals surface area (Å²) in [5, 5.41) is 5.48. The molecule has 2 aromatic carbocycles. The van der Waals surface area contributed by atoms with E-state index in [1.807, 2.05) is 59.4 Å². The molecular formula is C18H14N4. The number of hydrogen-bond donors (Lipinski definition) is 0. The summed E-state index contributed by atoms with van der Waals surface area (Å²) in [5.74, 6) is 0. The minimum absolute atomic E-state index is 0.778. The lowest BCUT2D eigenvalue weighted by Gasteiger charge is -2.04. The normalized spacial score (nSPS) is 10.9. The first-order chi connectivity index (χ1) is 10.9. The molecule has 0 bridgehead atoms. The van der Waals surface area contributed by atoms with E-state index >= 15 is 0 Å². The summed E-state index contributed by atoms with van der Waals surface area (Å²) >= 11 is 0. The Kier molecular flexibility index (Phi) is 3.12. The van der Waals surface area contributed by atoms with Gasteiger partial charge in [-0.15, -0.1) is 0 Å². The smallest absolute Gasteiger partial charge is 0.166 e. The SMILES string of the molecule is c1ccc(Cc2ncnc3c2cnn3-c2ccccc2)cc1. The van der Waals surface area contributed by atoms with Gasteiger partial charge in [-0.2, -0.15) is 5.10 Å². The van der Waals surface area contributed by atoms with Crippen molar-refractivity contribution in [3.63, 3.8) is 0 Å². The van der Waals surface area contributed by atoms with Crippen molar-refractivity contribution in [2.75, 3.05) is 0 Å². The highest BCUT2D eigenvalue weighted by Crippen LogP contribution is 2.20. The minimum atomic E-state index is 0.778. The zero-order valence-electron chi connectivity index (χ0n) is 11.9. The van der Waals surface area contributed by atoms with Gasteiger partial charge in [0.1, 0.15) is 6.33 Å². The molecule has 0 radical (unpaired) electrons. The number of aromatic nitrogens is 4. The van der Waals surface area contributed by atoms with Crippen molar-refractivity contribution in [2.24, 2.45) is 0 Å². The monoisotopic (exact) mass is 286 g/mol. The van der Waals surface area contributed by atoms with Gasteiger partial charge in [-0.1, -0.05) is 48.5 Å². The van der Waals surface area contributed by atoms with E-state index in [0.717, 1.165) is 28.8 Å². The van der Waals surface area contributed by atoms with Crippen LogP contribution >= 0.6 is 0 Å². The van der Waals surface area contributed by atoms with Gasteiger partial charge in [-0.05, 0) is 17.7 Å². The summed E-state index contributed by atoms with van der Waals surface area (Å²) in [7, 11) is 0. The molecule has 2 aromatic heterocycles. The van der Waals surface area contributed by atoms with Crippen LogP contribution in [0.2, 0.25) is 0 Å². The van der Waals surface area contributed by atoms with Gasteiger partial charge in [0, 0.05) is 6.42 Å². The third kappa shape index (κ3) is 2.24. The highest BCUT2D eigenvalue weighted by molar-refractivity contribution is 5.78. The van der Waals surface area contributed by atoms with Gasteiger partial charge >= 0.3 is 0 Å². The Bertz CT molecular complexity index is 898. The number of nitrogens with zero attached hydrogens (tertiary/aromatic N) is 4. The molecule has 0 aliphatic heterocycles. The van der Waals surface area contributed by atoms with E-state index in [4.69, 9.17) is 0 Å². The largest absolute Gasteiger partial charge is 0.240 e. The number of rotatable bonds is 3. The third-order valence-electron chi connectivity index (χ3n) is 3.66. The molecule has 0 aliphatic rings. The lowest BCUT2D eigenvalue weighted by molar-refractivity contribution is 0.894. The zero-order valence-corrected chi connectivity index (χ0v) is 11.9. The summed E-state index contributed by atoms with van der Waals surface area (Å²) in [4.78, 5) is 8.85. The van der Waals surface area contributed by atoms with Gasteiger partial charge in [-0.3, -0.25) is 0 Å². The number of benzene rings is 2. The first-order valence-electron chi connectivity index (χ1n) is 7.19. The zero-order chi connectivity index (χ0) is 14.8. The highest BCUT2D eigenvalue weighted by Gasteiger charge is 2.11. The Morgan fingerprint density at radius 1 is 0.818 bits per heavy atom. The molecular weight excluding hydrogens is 272 g/mol. The Labute approximate surface area is 128 Å². The maximum absolute atomic E-state index is 4.48. The number of fused-ring (bicyclic) bond motifs is 1. The topological polar surface area (TPSA) is 43.6 Å². The Morgan fingerprint density at radius 2 is 1.55 bits per heavy atom. The fourth-order valence-corrected chi connectivity index (χ4v) is 2.58. The second-order valence-electron chi connectivity index (χ2n) is 5.11. The summed E-state index contributed by atoms with van der Waals surface area (Å²) < 4.78 is 1.85. The van der Waals surface area contributed by atoms with Crippen LogP contribution in [0.4, 0.5) is 0 Å². The van der Waals surface area contributed by atoms with Gasteiger partial charge in [0.2, 0.25) is 0 Å². The molecule has 0 saturated carbocycles. The van der Waals surface area contributed by atoms with Crippen molar-refractivity contribution in [1.29, 1.82) is 0 Å². The molecule has 0 spiro atoms. The summed E-state index contributed by atoms with van der Waals surface area (Å²) in [5.41, 5.74) is 4.07. The quantitative estimate of drug-likeness (QED) is 0.579. The van der Waals surface area contributed by atoms with E-state index in [9.17, 15) is 0 Å². The van der Waals surface area contributed by atoms with Crippen molar-refractivity contribution in [1.82, 2.24) is 19.7 Å². The summed E-state index contributed by atoms with van der Waals surface area (Å²) in [6, 6.07) is 20.3. The molecule has 0 amide bonds. The van der Waals surface area contributed by atoms with Crippen LogP contribution in [0.15, 0.2) is 73.2 Å². The molecule has 0 unspecified atom stereocenters. The third-order valence-corrected chi connectivity index (χ3v) is 3.66. The van der Waals surface area contributed by atoms with Gasteiger partial charge in [0.15, 0.2) is 5.65 Å². The van der Waals surface area contributed by atoms with Crippen LogP contribution in [0.1, 0.15) is 11.3 Å². The average Bonchev–Trinajstić information content (AvgIpc) is 3.02. The minimum Gasteiger partial charge on any atom is -0.240 e. The van der Waals surface area contributed by atoms with Crippen LogP contribution in [-0.4, -0.2) is 19.7 Å². The first-order valence-corrected chi connectivity index (χ1v) is 7.19. The lowest BCUT2D eigenvalue weighted by atomic mass is 10.1. The Morgan fingerprint density at radius 3 is 2.32 bits per heavy atom. The first kappa shape index (κ1) is 12.7. The molecule has 0 saturated heterocycles. The molecule has 106 valence electrons. The van der Waals surface area contributed by atoms with E-state index < -0.39 is 0 Å². The van der Waals surface area contributed by atoms with Crippen LogP contribution in [0.5, 0.6) is 0 Å². The fourth-order valence-electron chi connectivity index (χ4n) is 2.58. The van der Waals surface area contributed by atoms with Crippen molar-refractivity contribution in [3.8, 4) is 5.69 Å². The van der Waals surface area contributed by atoms with Crippen molar-refractivity contribution < 1.29 is 0 Å². The van der Waals surface area contributed by atoms with Gasteiger partial charge in [0.05, 0.1) is 23.0 Å². The molecule has 0 N–H and O–H groups in total. The van der Waals surface area contributed by atoms with Crippen molar-refractivity contribution >= 4 is 11.0 Å². The molecule has 0 aliphatic carbocycles. The molecule has 4 nitrogen and oxygen atoms in total. The van der Waals surface area contributed by atoms with Crippen LogP contribution in [-0.2, 0) is 6.42 Å². The predicted molar refractivity (Wildman–Crippen MR) is 85.9 cm³/mol. The number of hydrogen-bond acceptors (Lipinski definition) is 3. The van der Waals surface area contributed by atoms with Gasteiger partial charge in [0.25, 0.3) is 0 Å². The van der Waals surface area contributed by atoms with E-state index in [1.165, 1.54) is 5.56 Å². The average molecular weight is 286 g/mol.